The molecule has 1 saturated carbocycles. The number of hydrogen-bond donors (Lipinski definition) is 0. The minimum absolute atomic E-state index is 0.294. The summed E-state index contributed by atoms with van der Waals surface area (Å²) in [6.07, 6.45) is 7.34. The first-order chi connectivity index (χ1) is 6.95. The summed E-state index contributed by atoms with van der Waals surface area (Å²) in [7, 11) is 0. The van der Waals surface area contributed by atoms with E-state index < -0.39 is 0 Å². The van der Waals surface area contributed by atoms with Gasteiger partial charge in [0.05, 0.1) is 0 Å². The van der Waals surface area contributed by atoms with Crippen molar-refractivity contribution in [2.75, 3.05) is 13.1 Å². The van der Waals surface area contributed by atoms with E-state index in [2.05, 4.69) is 79.6 Å². The van der Waals surface area contributed by atoms with Crippen molar-refractivity contribution in [3.63, 3.8) is 0 Å². The Labute approximate surface area is 134 Å². The molecule has 0 atom stereocenters. The van der Waals surface area contributed by atoms with Gasteiger partial charge in [-0.05, 0) is 105 Å². The lowest BCUT2D eigenvalue weighted by atomic mass is 9.57. The molecule has 1 nitrogen and oxygen atoms in total. The molecule has 2 aliphatic rings. The van der Waals surface area contributed by atoms with E-state index in [9.17, 15) is 0 Å². The Hall–Kier alpha value is 2.15. The molecule has 0 N–H and O–H groups in total. The predicted molar refractivity (Wildman–Crippen MR) is 91.0 cm³/mol. The van der Waals surface area contributed by atoms with Crippen LogP contribution < -0.4 is 0 Å². The molecule has 0 aromatic heterocycles. The zero-order valence-corrected chi connectivity index (χ0v) is 15.6. The number of nitrogens with zero attached hydrogens (tertiary/aromatic N) is 1. The van der Waals surface area contributed by atoms with Gasteiger partial charge in [-0.2, -0.15) is 0 Å². The molecule has 1 aliphatic heterocycles. The SMILES string of the molecule is CCC1CC2(CCN(C(I)(I)I)CC2)C1. The number of rotatable bonds is 2. The van der Waals surface area contributed by atoms with E-state index in [0.29, 0.717) is -0.441 Å². The van der Waals surface area contributed by atoms with Crippen LogP contribution >= 0.6 is 67.8 Å². The van der Waals surface area contributed by atoms with Gasteiger partial charge in [-0.15, -0.1) is 0 Å². The van der Waals surface area contributed by atoms with Crippen molar-refractivity contribution in [1.82, 2.24) is 4.90 Å². The molecular formula is C11H18I3N. The number of piperidine rings is 1. The van der Waals surface area contributed by atoms with Crippen molar-refractivity contribution in [2.45, 2.75) is 38.6 Å². The first kappa shape index (κ1) is 13.6. The molecule has 2 fully saturated rings. The smallest absolute Gasteiger partial charge is 0.176 e. The largest absolute Gasteiger partial charge is 0.273 e. The quantitative estimate of drug-likeness (QED) is 0.274. The molecule has 0 bridgehead atoms. The minimum atomic E-state index is 0.294. The van der Waals surface area contributed by atoms with E-state index in [1.165, 1.54) is 45.2 Å². The van der Waals surface area contributed by atoms with Gasteiger partial charge in [-0.1, -0.05) is 13.3 Å². The highest BCUT2D eigenvalue weighted by molar-refractivity contribution is 14.3. The van der Waals surface area contributed by atoms with Crippen LogP contribution in [0.5, 0.6) is 0 Å². The highest BCUT2D eigenvalue weighted by Gasteiger charge is 2.46. The van der Waals surface area contributed by atoms with Crippen molar-refractivity contribution in [2.24, 2.45) is 11.3 Å². The van der Waals surface area contributed by atoms with Crippen LogP contribution in [-0.2, 0) is 0 Å². The van der Waals surface area contributed by atoms with E-state index >= 15 is 0 Å². The number of likely N-dealkylation sites (tertiary alicyclic amines) is 1. The third-order valence-electron chi connectivity index (χ3n) is 4.20. The number of hydrogen-bond acceptors (Lipinski definition) is 1. The van der Waals surface area contributed by atoms with Gasteiger partial charge in [0.2, 0.25) is 0 Å². The van der Waals surface area contributed by atoms with E-state index in [0.717, 1.165) is 11.3 Å². The molecule has 1 aliphatic carbocycles. The summed E-state index contributed by atoms with van der Waals surface area (Å²) < 4.78 is 0.294. The van der Waals surface area contributed by atoms with Crippen LogP contribution in [0.3, 0.4) is 0 Å². The van der Waals surface area contributed by atoms with E-state index in [-0.39, 0.29) is 0 Å². The van der Waals surface area contributed by atoms with Crippen molar-refractivity contribution >= 4 is 67.8 Å². The van der Waals surface area contributed by atoms with Gasteiger partial charge in [0, 0.05) is 13.1 Å². The van der Waals surface area contributed by atoms with Crippen molar-refractivity contribution in [3.05, 3.63) is 0 Å². The van der Waals surface area contributed by atoms with Gasteiger partial charge >= 0.3 is 0 Å². The van der Waals surface area contributed by atoms with Crippen LogP contribution in [0.15, 0.2) is 0 Å². The fourth-order valence-corrected chi connectivity index (χ4v) is 4.54. The molecule has 0 aromatic rings. The predicted octanol–water partition coefficient (Wildman–Crippen LogP) is 4.80. The lowest BCUT2D eigenvalue weighted by Crippen LogP contribution is -2.49. The summed E-state index contributed by atoms with van der Waals surface area (Å²) in [5.74, 6) is 1.06. The normalized spacial score (nSPS) is 28.0. The zero-order chi connectivity index (χ0) is 11.1. The average molecular weight is 545 g/mol. The summed E-state index contributed by atoms with van der Waals surface area (Å²) >= 11 is 7.65. The lowest BCUT2D eigenvalue weighted by molar-refractivity contribution is -0.0107. The van der Waals surface area contributed by atoms with Crippen LogP contribution in [0, 0.1) is 11.3 Å². The molecule has 0 aromatic carbocycles. The van der Waals surface area contributed by atoms with Crippen LogP contribution in [-0.4, -0.2) is 17.5 Å². The summed E-state index contributed by atoms with van der Waals surface area (Å²) in [5.41, 5.74) is 0.770. The molecule has 2 rings (SSSR count). The molecule has 0 radical (unpaired) electrons. The topological polar surface area (TPSA) is 3.24 Å². The number of alkyl halides is 3. The molecule has 1 spiro atoms. The fraction of sp³-hybridized carbons (Fsp3) is 1.00. The van der Waals surface area contributed by atoms with Crippen LogP contribution in [0.4, 0.5) is 0 Å². The Morgan fingerprint density at radius 1 is 1.20 bits per heavy atom. The van der Waals surface area contributed by atoms with Gasteiger partial charge in [-0.25, -0.2) is 0 Å². The minimum Gasteiger partial charge on any atom is -0.273 e. The third kappa shape index (κ3) is 3.13. The van der Waals surface area contributed by atoms with Gasteiger partial charge in [0.15, 0.2) is -0.441 Å². The average Bonchev–Trinajstić information content (AvgIpc) is 2.12. The molecule has 1 saturated heterocycles. The highest BCUT2D eigenvalue weighted by atomic mass is 127. The van der Waals surface area contributed by atoms with Crippen molar-refractivity contribution in [3.8, 4) is 0 Å². The second kappa shape index (κ2) is 5.03. The van der Waals surface area contributed by atoms with Gasteiger partial charge in [0.1, 0.15) is 0 Å². The van der Waals surface area contributed by atoms with Gasteiger partial charge in [0.25, 0.3) is 0 Å². The molecular weight excluding hydrogens is 527 g/mol. The Morgan fingerprint density at radius 3 is 2.13 bits per heavy atom. The molecule has 0 unspecified atom stereocenters. The summed E-state index contributed by atoms with van der Waals surface area (Å²) in [6.45, 7) is 4.97. The fourth-order valence-electron chi connectivity index (χ4n) is 3.10. The Bertz CT molecular complexity index is 220. The third-order valence-corrected chi connectivity index (χ3v) is 6.25. The van der Waals surface area contributed by atoms with Crippen molar-refractivity contribution in [1.29, 1.82) is 0 Å². The maximum Gasteiger partial charge on any atom is 0.176 e. The van der Waals surface area contributed by atoms with Gasteiger partial charge in [-0.3, -0.25) is 4.90 Å². The first-order valence-electron chi connectivity index (χ1n) is 5.77. The monoisotopic (exact) mass is 545 g/mol. The Kier molecular flexibility index (Phi) is 4.55. The first-order valence-corrected chi connectivity index (χ1v) is 9.01. The second-order valence-electron chi connectivity index (χ2n) is 5.14. The lowest BCUT2D eigenvalue weighted by Gasteiger charge is -2.53. The maximum absolute atomic E-state index is 2.62. The Balaban J connectivity index is 1.83. The molecule has 4 heteroatoms. The molecule has 88 valence electrons. The maximum atomic E-state index is 2.62. The van der Waals surface area contributed by atoms with Crippen LogP contribution in [0.1, 0.15) is 39.0 Å². The van der Waals surface area contributed by atoms with E-state index in [1.54, 1.807) is 0 Å². The van der Waals surface area contributed by atoms with Gasteiger partial charge < -0.3 is 0 Å². The number of halogens is 3. The second-order valence-corrected chi connectivity index (χ2v) is 16.0. The standard InChI is InChI=1S/C11H18I3N/c1-2-9-7-10(8-9)3-5-15(6-4-10)11(12,13)14/h9H,2-8H2,1H3. The zero-order valence-electron chi connectivity index (χ0n) is 9.11. The summed E-state index contributed by atoms with van der Waals surface area (Å²) in [4.78, 5) is 2.62. The van der Waals surface area contributed by atoms with E-state index in [1.807, 2.05) is 0 Å². The molecule has 15 heavy (non-hydrogen) atoms. The highest BCUT2D eigenvalue weighted by Crippen LogP contribution is 2.55. The summed E-state index contributed by atoms with van der Waals surface area (Å²) in [5, 5.41) is 0. The molecule has 0 amide bonds. The van der Waals surface area contributed by atoms with Crippen molar-refractivity contribution < 1.29 is 0 Å². The molecule has 1 heterocycles. The summed E-state index contributed by atoms with van der Waals surface area (Å²) in [6, 6.07) is 0. The van der Waals surface area contributed by atoms with Crippen LogP contribution in [0.25, 0.3) is 0 Å². The van der Waals surface area contributed by atoms with E-state index in [4.69, 9.17) is 0 Å². The Morgan fingerprint density at radius 2 is 1.73 bits per heavy atom. The van der Waals surface area contributed by atoms with Crippen LogP contribution in [0.2, 0.25) is 0 Å².